The van der Waals surface area contributed by atoms with Crippen LogP contribution in [0.2, 0.25) is 10.0 Å². The SMILES string of the molecule is COC(=O)Cc1c(Cl)cc(Br)cc1Cl. The normalized spacial score (nSPS) is 10.0. The van der Waals surface area contributed by atoms with E-state index in [2.05, 4.69) is 20.7 Å². The van der Waals surface area contributed by atoms with Crippen molar-refractivity contribution in [3.8, 4) is 0 Å². The Kier molecular flexibility index (Phi) is 4.23. The van der Waals surface area contributed by atoms with Crippen molar-refractivity contribution < 1.29 is 9.53 Å². The second-order valence-corrected chi connectivity index (χ2v) is 4.33. The largest absolute Gasteiger partial charge is 0.469 e. The molecule has 0 aliphatic carbocycles. The first-order chi connectivity index (χ1) is 6.54. The van der Waals surface area contributed by atoms with Gasteiger partial charge in [-0.3, -0.25) is 4.79 Å². The Labute approximate surface area is 100 Å². The van der Waals surface area contributed by atoms with Gasteiger partial charge >= 0.3 is 5.97 Å². The lowest BCUT2D eigenvalue weighted by Gasteiger charge is -2.06. The van der Waals surface area contributed by atoms with Crippen LogP contribution in [0.1, 0.15) is 5.56 Å². The van der Waals surface area contributed by atoms with Gasteiger partial charge in [0.2, 0.25) is 0 Å². The Morgan fingerprint density at radius 3 is 2.36 bits per heavy atom. The second-order valence-electron chi connectivity index (χ2n) is 2.60. The summed E-state index contributed by atoms with van der Waals surface area (Å²) in [7, 11) is 1.32. The summed E-state index contributed by atoms with van der Waals surface area (Å²) in [5.41, 5.74) is 0.586. The van der Waals surface area contributed by atoms with Gasteiger partial charge in [0.05, 0.1) is 13.5 Å². The molecule has 0 saturated heterocycles. The molecule has 1 aromatic carbocycles. The molecular formula is C9H7BrCl2O2. The number of ether oxygens (including phenoxy) is 1. The van der Waals surface area contributed by atoms with E-state index in [1.54, 1.807) is 12.1 Å². The summed E-state index contributed by atoms with van der Waals surface area (Å²) in [6.45, 7) is 0. The molecule has 0 bridgehead atoms. The summed E-state index contributed by atoms with van der Waals surface area (Å²) in [6.07, 6.45) is 0.0848. The van der Waals surface area contributed by atoms with Crippen LogP contribution < -0.4 is 0 Å². The summed E-state index contributed by atoms with van der Waals surface area (Å²) in [4.78, 5) is 11.0. The Morgan fingerprint density at radius 2 is 1.93 bits per heavy atom. The molecule has 0 aromatic heterocycles. The minimum absolute atomic E-state index is 0.0848. The highest BCUT2D eigenvalue weighted by molar-refractivity contribution is 9.10. The van der Waals surface area contributed by atoms with Crippen LogP contribution in [0.3, 0.4) is 0 Å². The fourth-order valence-electron chi connectivity index (χ4n) is 0.957. The standard InChI is InChI=1S/C9H7BrCl2O2/c1-14-9(13)4-6-7(11)2-5(10)3-8(6)12/h2-3H,4H2,1H3. The average molecular weight is 298 g/mol. The molecule has 1 rings (SSSR count). The molecule has 0 amide bonds. The zero-order valence-corrected chi connectivity index (χ0v) is 10.4. The van der Waals surface area contributed by atoms with Gasteiger partial charge in [0.15, 0.2) is 0 Å². The minimum Gasteiger partial charge on any atom is -0.469 e. The number of carbonyl (C=O) groups is 1. The Balaban J connectivity index is 3.02. The predicted molar refractivity (Wildman–Crippen MR) is 59.9 cm³/mol. The average Bonchev–Trinajstić information content (AvgIpc) is 2.10. The van der Waals surface area contributed by atoms with E-state index in [-0.39, 0.29) is 12.4 Å². The molecule has 0 N–H and O–H groups in total. The molecule has 14 heavy (non-hydrogen) atoms. The van der Waals surface area contributed by atoms with Gasteiger partial charge in [0.25, 0.3) is 0 Å². The highest BCUT2D eigenvalue weighted by Crippen LogP contribution is 2.29. The summed E-state index contributed by atoms with van der Waals surface area (Å²) < 4.78 is 5.31. The quantitative estimate of drug-likeness (QED) is 0.781. The van der Waals surface area contributed by atoms with Crippen LogP contribution in [0.4, 0.5) is 0 Å². The van der Waals surface area contributed by atoms with Crippen molar-refractivity contribution >= 4 is 45.1 Å². The first-order valence-electron chi connectivity index (χ1n) is 3.75. The van der Waals surface area contributed by atoms with Crippen molar-refractivity contribution in [3.63, 3.8) is 0 Å². The van der Waals surface area contributed by atoms with Crippen molar-refractivity contribution in [1.29, 1.82) is 0 Å². The van der Waals surface area contributed by atoms with Gasteiger partial charge in [-0.05, 0) is 12.1 Å². The van der Waals surface area contributed by atoms with Gasteiger partial charge in [-0.25, -0.2) is 0 Å². The first-order valence-corrected chi connectivity index (χ1v) is 5.29. The number of hydrogen-bond acceptors (Lipinski definition) is 2. The van der Waals surface area contributed by atoms with Gasteiger partial charge in [-0.2, -0.15) is 0 Å². The van der Waals surface area contributed by atoms with E-state index in [0.29, 0.717) is 15.6 Å². The van der Waals surface area contributed by atoms with E-state index in [1.165, 1.54) is 7.11 Å². The molecule has 1 aromatic rings. The highest BCUT2D eigenvalue weighted by atomic mass is 79.9. The van der Waals surface area contributed by atoms with E-state index < -0.39 is 0 Å². The summed E-state index contributed by atoms with van der Waals surface area (Å²) in [5.74, 6) is -0.365. The zero-order valence-electron chi connectivity index (χ0n) is 7.31. The smallest absolute Gasteiger partial charge is 0.310 e. The monoisotopic (exact) mass is 296 g/mol. The maximum Gasteiger partial charge on any atom is 0.310 e. The van der Waals surface area contributed by atoms with Gasteiger partial charge in [-0.1, -0.05) is 39.1 Å². The molecule has 0 aliphatic rings. The van der Waals surface area contributed by atoms with Crippen LogP contribution in [0.5, 0.6) is 0 Å². The van der Waals surface area contributed by atoms with Crippen LogP contribution in [-0.4, -0.2) is 13.1 Å². The number of hydrogen-bond donors (Lipinski definition) is 0. The molecule has 0 spiro atoms. The topological polar surface area (TPSA) is 26.3 Å². The van der Waals surface area contributed by atoms with Crippen molar-refractivity contribution in [2.24, 2.45) is 0 Å². The molecule has 0 radical (unpaired) electrons. The van der Waals surface area contributed by atoms with E-state index in [1.807, 2.05) is 0 Å². The molecule has 0 heterocycles. The van der Waals surface area contributed by atoms with Crippen LogP contribution in [0, 0.1) is 0 Å². The second kappa shape index (κ2) is 5.01. The summed E-state index contributed by atoms with van der Waals surface area (Å²) >= 11 is 15.1. The van der Waals surface area contributed by atoms with Crippen molar-refractivity contribution in [2.75, 3.05) is 7.11 Å². The molecule has 0 saturated carbocycles. The lowest BCUT2D eigenvalue weighted by Crippen LogP contribution is -2.05. The van der Waals surface area contributed by atoms with Crippen LogP contribution in [0.25, 0.3) is 0 Å². The lowest BCUT2D eigenvalue weighted by molar-refractivity contribution is -0.139. The molecule has 0 unspecified atom stereocenters. The molecule has 0 aliphatic heterocycles. The predicted octanol–water partition coefficient (Wildman–Crippen LogP) is 3.47. The lowest BCUT2D eigenvalue weighted by atomic mass is 10.1. The number of rotatable bonds is 2. The molecule has 5 heteroatoms. The number of benzene rings is 1. The fourth-order valence-corrected chi connectivity index (χ4v) is 2.30. The number of methoxy groups -OCH3 is 1. The Morgan fingerprint density at radius 1 is 1.43 bits per heavy atom. The molecule has 76 valence electrons. The summed E-state index contributed by atoms with van der Waals surface area (Å²) in [6, 6.07) is 3.37. The number of carbonyl (C=O) groups excluding carboxylic acids is 1. The van der Waals surface area contributed by atoms with Gasteiger partial charge in [0.1, 0.15) is 0 Å². The maximum absolute atomic E-state index is 11.0. The van der Waals surface area contributed by atoms with E-state index in [4.69, 9.17) is 23.2 Å². The van der Waals surface area contributed by atoms with Crippen molar-refractivity contribution in [1.82, 2.24) is 0 Å². The third kappa shape index (κ3) is 2.87. The highest BCUT2D eigenvalue weighted by Gasteiger charge is 2.11. The van der Waals surface area contributed by atoms with Crippen LogP contribution in [-0.2, 0) is 16.0 Å². The van der Waals surface area contributed by atoms with Gasteiger partial charge in [0, 0.05) is 20.1 Å². The maximum atomic E-state index is 11.0. The molecular weight excluding hydrogens is 291 g/mol. The fraction of sp³-hybridized carbons (Fsp3) is 0.222. The molecule has 0 fully saturated rings. The third-order valence-corrected chi connectivity index (χ3v) is 2.79. The zero-order chi connectivity index (χ0) is 10.7. The van der Waals surface area contributed by atoms with E-state index in [9.17, 15) is 4.79 Å². The van der Waals surface area contributed by atoms with Gasteiger partial charge in [-0.15, -0.1) is 0 Å². The molecule has 2 nitrogen and oxygen atoms in total. The number of esters is 1. The number of halogens is 3. The van der Waals surface area contributed by atoms with Crippen molar-refractivity contribution in [2.45, 2.75) is 6.42 Å². The van der Waals surface area contributed by atoms with Crippen LogP contribution >= 0.6 is 39.1 Å². The van der Waals surface area contributed by atoms with Crippen molar-refractivity contribution in [3.05, 3.63) is 32.2 Å². The third-order valence-electron chi connectivity index (χ3n) is 1.65. The van der Waals surface area contributed by atoms with E-state index >= 15 is 0 Å². The van der Waals surface area contributed by atoms with E-state index in [0.717, 1.165) is 4.47 Å². The first kappa shape index (κ1) is 11.8. The molecule has 0 atom stereocenters. The Hall–Kier alpha value is -0.250. The minimum atomic E-state index is -0.365. The van der Waals surface area contributed by atoms with Gasteiger partial charge < -0.3 is 4.74 Å². The summed E-state index contributed by atoms with van der Waals surface area (Å²) in [5, 5.41) is 0.907. The van der Waals surface area contributed by atoms with Crippen LogP contribution in [0.15, 0.2) is 16.6 Å². The Bertz CT molecular complexity index is 343.